The van der Waals surface area contributed by atoms with Crippen LogP contribution in [0, 0.1) is 6.57 Å². The molecule has 184 valence electrons. The Bertz CT molecular complexity index is 1150. The lowest BCUT2D eigenvalue weighted by molar-refractivity contribution is -0.175. The molecule has 2 atom stereocenters. The molecule has 0 radical (unpaired) electrons. The lowest BCUT2D eigenvalue weighted by Gasteiger charge is -2.21. The standard InChI is InChI=1S/C21H19ClF3N7O3/c1-26-10-16(12-35-18-7-2-3-8-27-18)32-19(29-30-31-32)17(28-20(33)21(23,24)25)13-34-11-14-5-4-6-15(22)9-14/h2-9,16-17H,10-13H2,(H,28,33)/t16-,17-/m1/s1. The molecule has 0 saturated carbocycles. The Morgan fingerprint density at radius 1 is 1.23 bits per heavy atom. The van der Waals surface area contributed by atoms with Gasteiger partial charge in [-0.15, -0.1) is 5.10 Å². The summed E-state index contributed by atoms with van der Waals surface area (Å²) in [6.45, 7) is 6.61. The molecule has 0 fully saturated rings. The molecule has 1 amide bonds. The zero-order valence-corrected chi connectivity index (χ0v) is 18.8. The van der Waals surface area contributed by atoms with Crippen LogP contribution in [0.1, 0.15) is 23.5 Å². The van der Waals surface area contributed by atoms with Gasteiger partial charge in [-0.05, 0) is 34.2 Å². The number of pyridine rings is 1. The monoisotopic (exact) mass is 509 g/mol. The van der Waals surface area contributed by atoms with Gasteiger partial charge in [-0.3, -0.25) is 4.79 Å². The zero-order chi connectivity index (χ0) is 25.3. The summed E-state index contributed by atoms with van der Waals surface area (Å²) >= 11 is 5.94. The SMILES string of the molecule is [C-]#[N+]C[C@H](COc1ccccn1)n1nnnc1[C@@H](COCc1cccc(Cl)c1)NC(=O)C(F)(F)F. The van der Waals surface area contributed by atoms with Gasteiger partial charge >= 0.3 is 12.1 Å². The van der Waals surface area contributed by atoms with Crippen molar-refractivity contribution < 1.29 is 27.4 Å². The van der Waals surface area contributed by atoms with E-state index >= 15 is 0 Å². The number of nitrogens with one attached hydrogen (secondary N) is 1. The highest BCUT2D eigenvalue weighted by Gasteiger charge is 2.41. The van der Waals surface area contributed by atoms with Crippen molar-refractivity contribution in [2.24, 2.45) is 0 Å². The number of alkyl halides is 3. The van der Waals surface area contributed by atoms with E-state index < -0.39 is 24.2 Å². The third-order valence-electron chi connectivity index (χ3n) is 4.54. The normalized spacial score (nSPS) is 13.0. The number of halogens is 4. The van der Waals surface area contributed by atoms with Crippen molar-refractivity contribution in [3.63, 3.8) is 0 Å². The van der Waals surface area contributed by atoms with Gasteiger partial charge in [0, 0.05) is 17.3 Å². The smallest absolute Gasteiger partial charge is 0.471 e. The Hall–Kier alpha value is -3.76. The summed E-state index contributed by atoms with van der Waals surface area (Å²) in [4.78, 5) is 19.1. The maximum absolute atomic E-state index is 13.0. The molecule has 3 rings (SSSR count). The molecule has 0 aliphatic carbocycles. The van der Waals surface area contributed by atoms with Crippen molar-refractivity contribution in [3.8, 4) is 5.88 Å². The minimum Gasteiger partial charge on any atom is -0.475 e. The van der Waals surface area contributed by atoms with Crippen molar-refractivity contribution in [2.75, 3.05) is 19.8 Å². The number of carbonyl (C=O) groups is 1. The van der Waals surface area contributed by atoms with Crippen LogP contribution >= 0.6 is 11.6 Å². The van der Waals surface area contributed by atoms with Crippen LogP contribution in [-0.2, 0) is 16.1 Å². The summed E-state index contributed by atoms with van der Waals surface area (Å²) in [5.41, 5.74) is 0.674. The first-order valence-electron chi connectivity index (χ1n) is 10.1. The van der Waals surface area contributed by atoms with Crippen molar-refractivity contribution in [1.29, 1.82) is 0 Å². The molecule has 0 aliphatic rings. The van der Waals surface area contributed by atoms with E-state index in [0.717, 1.165) is 4.68 Å². The van der Waals surface area contributed by atoms with Crippen molar-refractivity contribution in [2.45, 2.75) is 24.9 Å². The van der Waals surface area contributed by atoms with Crippen LogP contribution in [0.25, 0.3) is 4.85 Å². The summed E-state index contributed by atoms with van der Waals surface area (Å²) in [5, 5.41) is 13.5. The second-order valence-corrected chi connectivity index (χ2v) is 7.56. The maximum Gasteiger partial charge on any atom is 0.471 e. The summed E-state index contributed by atoms with van der Waals surface area (Å²) in [5.74, 6) is -2.04. The van der Waals surface area contributed by atoms with Crippen LogP contribution < -0.4 is 10.1 Å². The van der Waals surface area contributed by atoms with E-state index in [1.807, 2.05) is 5.32 Å². The molecule has 0 spiro atoms. The van der Waals surface area contributed by atoms with E-state index in [0.29, 0.717) is 10.6 Å². The number of carbonyl (C=O) groups excluding carboxylic acids is 1. The largest absolute Gasteiger partial charge is 0.475 e. The lowest BCUT2D eigenvalue weighted by Crippen LogP contribution is -2.42. The molecular weight excluding hydrogens is 491 g/mol. The fourth-order valence-corrected chi connectivity index (χ4v) is 3.17. The topological polar surface area (TPSA) is 108 Å². The number of tetrazole rings is 1. The molecule has 35 heavy (non-hydrogen) atoms. The average molecular weight is 510 g/mol. The highest BCUT2D eigenvalue weighted by molar-refractivity contribution is 6.30. The van der Waals surface area contributed by atoms with E-state index in [2.05, 4.69) is 25.4 Å². The summed E-state index contributed by atoms with van der Waals surface area (Å²) in [6, 6.07) is 9.56. The van der Waals surface area contributed by atoms with Gasteiger partial charge in [-0.1, -0.05) is 29.8 Å². The fraction of sp³-hybridized carbons (Fsp3) is 0.333. The third-order valence-corrected chi connectivity index (χ3v) is 4.78. The van der Waals surface area contributed by atoms with Gasteiger partial charge in [0.15, 0.2) is 11.9 Å². The summed E-state index contributed by atoms with van der Waals surface area (Å²) in [7, 11) is 0. The highest BCUT2D eigenvalue weighted by Crippen LogP contribution is 2.21. The first-order chi connectivity index (χ1) is 16.8. The average Bonchev–Trinajstić information content (AvgIpc) is 3.31. The number of ether oxygens (including phenoxy) is 2. The number of hydrogen-bond acceptors (Lipinski definition) is 7. The molecular formula is C21H19ClF3N7O3. The van der Waals surface area contributed by atoms with Crippen LogP contribution in [0.5, 0.6) is 5.88 Å². The van der Waals surface area contributed by atoms with Gasteiger partial charge in [-0.25, -0.2) is 16.2 Å². The van der Waals surface area contributed by atoms with Gasteiger partial charge in [-0.2, -0.15) is 13.2 Å². The van der Waals surface area contributed by atoms with Gasteiger partial charge in [0.2, 0.25) is 12.4 Å². The Labute approximate surface area is 202 Å². The van der Waals surface area contributed by atoms with E-state index in [1.54, 1.807) is 42.5 Å². The van der Waals surface area contributed by atoms with Crippen molar-refractivity contribution >= 4 is 17.5 Å². The number of amides is 1. The van der Waals surface area contributed by atoms with Gasteiger partial charge in [0.05, 0.1) is 13.2 Å². The molecule has 3 aromatic rings. The van der Waals surface area contributed by atoms with Crippen LogP contribution in [0.15, 0.2) is 48.7 Å². The quantitative estimate of drug-likeness (QED) is 0.395. The Kier molecular flexibility index (Phi) is 8.93. The third kappa shape index (κ3) is 7.62. The molecule has 1 aromatic carbocycles. The van der Waals surface area contributed by atoms with E-state index in [4.69, 9.17) is 27.6 Å². The minimum absolute atomic E-state index is 0.00871. The number of aromatic nitrogens is 5. The molecule has 0 saturated heterocycles. The predicted molar refractivity (Wildman–Crippen MR) is 116 cm³/mol. The Morgan fingerprint density at radius 2 is 2.06 bits per heavy atom. The van der Waals surface area contributed by atoms with Gasteiger partial charge < -0.3 is 19.6 Å². The summed E-state index contributed by atoms with van der Waals surface area (Å²) in [6.07, 6.45) is -3.62. The molecule has 14 heteroatoms. The molecule has 0 aliphatic heterocycles. The first-order valence-corrected chi connectivity index (χ1v) is 10.5. The number of hydrogen-bond donors (Lipinski definition) is 1. The van der Waals surface area contributed by atoms with E-state index in [-0.39, 0.29) is 38.1 Å². The molecule has 2 aromatic heterocycles. The molecule has 2 heterocycles. The van der Waals surface area contributed by atoms with Crippen LogP contribution in [0.2, 0.25) is 5.02 Å². The lowest BCUT2D eigenvalue weighted by atomic mass is 10.2. The van der Waals surface area contributed by atoms with Crippen LogP contribution in [0.3, 0.4) is 0 Å². The summed E-state index contributed by atoms with van der Waals surface area (Å²) < 4.78 is 51.2. The van der Waals surface area contributed by atoms with Crippen molar-refractivity contribution in [1.82, 2.24) is 30.5 Å². The van der Waals surface area contributed by atoms with Crippen LogP contribution in [0.4, 0.5) is 13.2 Å². The molecule has 0 bridgehead atoms. The first kappa shape index (κ1) is 25.9. The highest BCUT2D eigenvalue weighted by atomic mass is 35.5. The van der Waals surface area contributed by atoms with Crippen LogP contribution in [-0.4, -0.2) is 57.0 Å². The Balaban J connectivity index is 1.80. The number of nitrogens with zero attached hydrogens (tertiary/aromatic N) is 6. The second-order valence-electron chi connectivity index (χ2n) is 7.12. The molecule has 0 unspecified atom stereocenters. The number of benzene rings is 1. The number of rotatable bonds is 11. The predicted octanol–water partition coefficient (Wildman–Crippen LogP) is 3.20. The fourth-order valence-electron chi connectivity index (χ4n) is 2.95. The molecule has 10 nitrogen and oxygen atoms in total. The van der Waals surface area contributed by atoms with Gasteiger partial charge in [0.25, 0.3) is 0 Å². The van der Waals surface area contributed by atoms with Crippen molar-refractivity contribution in [3.05, 3.63) is 76.5 Å². The van der Waals surface area contributed by atoms with Gasteiger partial charge in [0.1, 0.15) is 12.6 Å². The minimum atomic E-state index is -5.14. The zero-order valence-electron chi connectivity index (χ0n) is 18.0. The second kappa shape index (κ2) is 12.1. The molecule has 1 N–H and O–H groups in total. The Morgan fingerprint density at radius 3 is 2.74 bits per heavy atom. The van der Waals surface area contributed by atoms with E-state index in [1.165, 1.54) is 6.20 Å². The van der Waals surface area contributed by atoms with E-state index in [9.17, 15) is 18.0 Å². The maximum atomic E-state index is 13.0.